The molecule has 1 saturated heterocycles. The Morgan fingerprint density at radius 2 is 2.14 bits per heavy atom. The van der Waals surface area contributed by atoms with Crippen LogP contribution in [0.4, 0.5) is 11.6 Å². The molecule has 1 fully saturated rings. The van der Waals surface area contributed by atoms with Gasteiger partial charge in [0.15, 0.2) is 15.0 Å². The summed E-state index contributed by atoms with van der Waals surface area (Å²) in [5, 5.41) is 7.16. The molecular weight excluding hydrogens is 308 g/mol. The zero-order valence-electron chi connectivity index (χ0n) is 12.4. The second-order valence-electron chi connectivity index (χ2n) is 5.15. The van der Waals surface area contributed by atoms with Crippen molar-refractivity contribution in [2.24, 2.45) is 0 Å². The van der Waals surface area contributed by atoms with Gasteiger partial charge in [-0.2, -0.15) is 0 Å². The Kier molecular flexibility index (Phi) is 5.69. The third kappa shape index (κ3) is 5.03. The lowest BCUT2D eigenvalue weighted by Crippen LogP contribution is -2.35. The lowest BCUT2D eigenvalue weighted by atomic mass is 10.2. The van der Waals surface area contributed by atoms with E-state index in [0.29, 0.717) is 23.1 Å². The highest BCUT2D eigenvalue weighted by Crippen LogP contribution is 2.21. The lowest BCUT2D eigenvalue weighted by molar-refractivity contribution is 0.561. The fourth-order valence-electron chi connectivity index (χ4n) is 2.28. The summed E-state index contributed by atoms with van der Waals surface area (Å²) in [6.07, 6.45) is 4.51. The predicted octanol–water partition coefficient (Wildman–Crippen LogP) is 2.01. The van der Waals surface area contributed by atoms with Crippen LogP contribution in [0.2, 0.25) is 0 Å². The number of thioether (sulfide) groups is 1. The van der Waals surface area contributed by atoms with Crippen molar-refractivity contribution < 1.29 is 8.42 Å². The molecule has 118 valence electrons. The van der Waals surface area contributed by atoms with Gasteiger partial charge in [0.05, 0.1) is 11.5 Å². The second kappa shape index (κ2) is 7.31. The zero-order valence-corrected chi connectivity index (χ0v) is 14.1. The van der Waals surface area contributed by atoms with E-state index >= 15 is 0 Å². The number of hydrogen-bond donors (Lipinski definition) is 2. The Bertz CT molecular complexity index is 578. The van der Waals surface area contributed by atoms with Crippen LogP contribution in [0, 0.1) is 0 Å². The highest BCUT2D eigenvalue weighted by molar-refractivity contribution is 7.98. The molecule has 1 aliphatic rings. The lowest BCUT2D eigenvalue weighted by Gasteiger charge is -2.23. The minimum atomic E-state index is -2.92. The van der Waals surface area contributed by atoms with Crippen molar-refractivity contribution >= 4 is 33.2 Å². The van der Waals surface area contributed by atoms with Gasteiger partial charge in [0, 0.05) is 18.7 Å². The van der Waals surface area contributed by atoms with Crippen LogP contribution in [0.25, 0.3) is 0 Å². The van der Waals surface area contributed by atoms with E-state index in [9.17, 15) is 8.42 Å². The maximum atomic E-state index is 11.7. The third-order valence-corrected chi connectivity index (χ3v) is 5.63. The van der Waals surface area contributed by atoms with Crippen LogP contribution in [0.1, 0.15) is 26.2 Å². The second-order valence-corrected chi connectivity index (χ2v) is 8.15. The van der Waals surface area contributed by atoms with E-state index in [1.54, 1.807) is 0 Å². The summed E-state index contributed by atoms with van der Waals surface area (Å²) in [4.78, 5) is 8.80. The number of anilines is 2. The first-order chi connectivity index (χ1) is 10.0. The summed E-state index contributed by atoms with van der Waals surface area (Å²) in [6.45, 7) is 2.94. The predicted molar refractivity (Wildman–Crippen MR) is 87.9 cm³/mol. The van der Waals surface area contributed by atoms with E-state index in [4.69, 9.17) is 0 Å². The van der Waals surface area contributed by atoms with Gasteiger partial charge in [-0.25, -0.2) is 18.4 Å². The van der Waals surface area contributed by atoms with Crippen LogP contribution in [0.5, 0.6) is 0 Å². The van der Waals surface area contributed by atoms with Crippen LogP contribution in [0.3, 0.4) is 0 Å². The monoisotopic (exact) mass is 330 g/mol. The van der Waals surface area contributed by atoms with E-state index in [-0.39, 0.29) is 11.8 Å². The van der Waals surface area contributed by atoms with Gasteiger partial charge in [-0.1, -0.05) is 18.7 Å². The van der Waals surface area contributed by atoms with Crippen LogP contribution in [0.15, 0.2) is 11.2 Å². The largest absolute Gasteiger partial charge is 0.370 e. The molecule has 0 aromatic carbocycles. The summed E-state index contributed by atoms with van der Waals surface area (Å²) in [5.41, 5.74) is 0. The van der Waals surface area contributed by atoms with Gasteiger partial charge in [0.1, 0.15) is 11.6 Å². The molecular formula is C13H22N4O2S2. The molecule has 6 nitrogen and oxygen atoms in total. The molecule has 0 spiro atoms. The maximum absolute atomic E-state index is 11.7. The Morgan fingerprint density at radius 3 is 2.81 bits per heavy atom. The third-order valence-electron chi connectivity index (χ3n) is 3.26. The zero-order chi connectivity index (χ0) is 15.3. The van der Waals surface area contributed by atoms with Gasteiger partial charge in [0.2, 0.25) is 0 Å². The van der Waals surface area contributed by atoms with Crippen molar-refractivity contribution in [1.29, 1.82) is 0 Å². The average molecular weight is 330 g/mol. The molecule has 2 heterocycles. The summed E-state index contributed by atoms with van der Waals surface area (Å²) in [5.74, 6) is 1.95. The first-order valence-corrected chi connectivity index (χ1v) is 10.2. The summed E-state index contributed by atoms with van der Waals surface area (Å²) in [7, 11) is -2.92. The van der Waals surface area contributed by atoms with Gasteiger partial charge in [0.25, 0.3) is 0 Å². The average Bonchev–Trinajstić information content (AvgIpc) is 2.43. The van der Waals surface area contributed by atoms with Crippen molar-refractivity contribution in [3.8, 4) is 0 Å². The molecule has 1 unspecified atom stereocenters. The molecule has 1 aromatic rings. The SMILES string of the molecule is CCCNc1cc(NC2CCCS(=O)(=O)C2)nc(SC)n1. The first kappa shape index (κ1) is 16.4. The van der Waals surface area contributed by atoms with Crippen molar-refractivity contribution in [2.45, 2.75) is 37.4 Å². The maximum Gasteiger partial charge on any atom is 0.191 e. The van der Waals surface area contributed by atoms with Gasteiger partial charge in [-0.3, -0.25) is 0 Å². The molecule has 0 radical (unpaired) electrons. The van der Waals surface area contributed by atoms with Gasteiger partial charge in [-0.15, -0.1) is 0 Å². The number of hydrogen-bond acceptors (Lipinski definition) is 7. The summed E-state index contributed by atoms with van der Waals surface area (Å²) in [6, 6.07) is 1.78. The minimum Gasteiger partial charge on any atom is -0.370 e. The molecule has 0 bridgehead atoms. The van der Waals surface area contributed by atoms with Gasteiger partial charge in [-0.05, 0) is 25.5 Å². The van der Waals surface area contributed by atoms with Gasteiger partial charge < -0.3 is 10.6 Å². The smallest absolute Gasteiger partial charge is 0.191 e. The fourth-order valence-corrected chi connectivity index (χ4v) is 4.30. The summed E-state index contributed by atoms with van der Waals surface area (Å²) < 4.78 is 23.4. The van der Waals surface area contributed by atoms with Crippen LogP contribution >= 0.6 is 11.8 Å². The van der Waals surface area contributed by atoms with Crippen molar-refractivity contribution in [3.63, 3.8) is 0 Å². The highest BCUT2D eigenvalue weighted by Gasteiger charge is 2.25. The van der Waals surface area contributed by atoms with Crippen molar-refractivity contribution in [3.05, 3.63) is 6.07 Å². The Hall–Kier alpha value is -1.02. The molecule has 0 amide bonds. The van der Waals surface area contributed by atoms with E-state index in [2.05, 4.69) is 27.5 Å². The molecule has 1 aromatic heterocycles. The standard InChI is InChI=1S/C13H22N4O2S2/c1-3-6-14-11-8-12(17-13(16-11)20-2)15-10-5-4-7-21(18,19)9-10/h8,10H,3-7,9H2,1-2H3,(H2,14,15,16,17). The van der Waals surface area contributed by atoms with Crippen LogP contribution in [-0.2, 0) is 9.84 Å². The Morgan fingerprint density at radius 1 is 1.38 bits per heavy atom. The number of rotatable bonds is 6. The molecule has 2 N–H and O–H groups in total. The number of nitrogens with zero attached hydrogens (tertiary/aromatic N) is 2. The molecule has 1 atom stereocenters. The molecule has 21 heavy (non-hydrogen) atoms. The Labute approximate surface area is 130 Å². The number of sulfone groups is 1. The quantitative estimate of drug-likeness (QED) is 0.609. The fraction of sp³-hybridized carbons (Fsp3) is 0.692. The first-order valence-electron chi connectivity index (χ1n) is 7.16. The van der Waals surface area contributed by atoms with E-state index in [0.717, 1.165) is 25.2 Å². The van der Waals surface area contributed by atoms with Crippen molar-refractivity contribution in [2.75, 3.05) is 34.9 Å². The van der Waals surface area contributed by atoms with E-state index in [1.807, 2.05) is 12.3 Å². The number of aromatic nitrogens is 2. The van der Waals surface area contributed by atoms with Crippen LogP contribution < -0.4 is 10.6 Å². The van der Waals surface area contributed by atoms with E-state index < -0.39 is 9.84 Å². The molecule has 8 heteroatoms. The number of nitrogens with one attached hydrogen (secondary N) is 2. The molecule has 1 aliphatic heterocycles. The molecule has 0 saturated carbocycles. The van der Waals surface area contributed by atoms with E-state index in [1.165, 1.54) is 11.8 Å². The molecule has 0 aliphatic carbocycles. The Balaban J connectivity index is 2.11. The van der Waals surface area contributed by atoms with Crippen molar-refractivity contribution in [1.82, 2.24) is 9.97 Å². The van der Waals surface area contributed by atoms with Gasteiger partial charge >= 0.3 is 0 Å². The normalized spacial score (nSPS) is 21.0. The molecule has 2 rings (SSSR count). The topological polar surface area (TPSA) is 84.0 Å². The highest BCUT2D eigenvalue weighted by atomic mass is 32.2. The summed E-state index contributed by atoms with van der Waals surface area (Å²) >= 11 is 1.47. The minimum absolute atomic E-state index is 0.0626. The van der Waals surface area contributed by atoms with Crippen LogP contribution in [-0.4, -0.2) is 48.7 Å².